The Morgan fingerprint density at radius 3 is 2.57 bits per heavy atom. The molecule has 2 rings (SSSR count). The molecule has 14 heavy (non-hydrogen) atoms. The van der Waals surface area contributed by atoms with Gasteiger partial charge in [-0.2, -0.15) is 0 Å². The van der Waals surface area contributed by atoms with E-state index in [-0.39, 0.29) is 6.10 Å². The minimum atomic E-state index is -1.47. The number of aliphatic hydroxyl groups excluding tert-OH is 1. The summed E-state index contributed by atoms with van der Waals surface area (Å²) in [7, 11) is 0. The molecule has 2 aliphatic rings. The second kappa shape index (κ2) is 3.02. The molecule has 1 saturated heterocycles. The quantitative estimate of drug-likeness (QED) is 0.495. The van der Waals surface area contributed by atoms with Gasteiger partial charge in [0.2, 0.25) is 0 Å². The maximum atomic E-state index is 9.96. The molecule has 2 N–H and O–H groups in total. The monoisotopic (exact) mass is 264 g/mol. The first-order valence-electron chi connectivity index (χ1n) is 4.46. The second-order valence-corrected chi connectivity index (χ2v) is 5.35. The van der Waals surface area contributed by atoms with E-state index in [9.17, 15) is 10.2 Å². The van der Waals surface area contributed by atoms with Crippen molar-refractivity contribution in [3.05, 3.63) is 12.2 Å². The third-order valence-corrected chi connectivity index (χ3v) is 3.35. The summed E-state index contributed by atoms with van der Waals surface area (Å²) in [6.07, 6.45) is 1.32. The lowest BCUT2D eigenvalue weighted by Crippen LogP contribution is -2.52. The van der Waals surface area contributed by atoms with Crippen LogP contribution >= 0.6 is 15.9 Å². The van der Waals surface area contributed by atoms with E-state index < -0.39 is 22.5 Å². The van der Waals surface area contributed by atoms with Crippen molar-refractivity contribution >= 4 is 15.9 Å². The minimum Gasteiger partial charge on any atom is -0.385 e. The largest absolute Gasteiger partial charge is 0.385 e. The van der Waals surface area contributed by atoms with Gasteiger partial charge in [0.15, 0.2) is 10.3 Å². The van der Waals surface area contributed by atoms with Gasteiger partial charge in [0, 0.05) is 0 Å². The SMILES string of the molecule is CC1(C)O[C@H]2C=C[C@@H](O)[C@@](O)(Br)[C@H]2O1. The number of hydrogen-bond donors (Lipinski definition) is 2. The van der Waals surface area contributed by atoms with Crippen LogP contribution in [-0.4, -0.2) is 38.8 Å². The molecule has 1 fully saturated rings. The summed E-state index contributed by atoms with van der Waals surface area (Å²) in [5.74, 6) is -0.731. The van der Waals surface area contributed by atoms with Crippen LogP contribution in [0.2, 0.25) is 0 Å². The third kappa shape index (κ3) is 1.53. The Balaban J connectivity index is 2.29. The van der Waals surface area contributed by atoms with Crippen LogP contribution in [0, 0.1) is 0 Å². The van der Waals surface area contributed by atoms with Crippen molar-refractivity contribution in [2.24, 2.45) is 0 Å². The van der Waals surface area contributed by atoms with Gasteiger partial charge in [-0.25, -0.2) is 0 Å². The van der Waals surface area contributed by atoms with Gasteiger partial charge in [-0.3, -0.25) is 0 Å². The van der Waals surface area contributed by atoms with Crippen molar-refractivity contribution in [2.75, 3.05) is 0 Å². The van der Waals surface area contributed by atoms with E-state index in [2.05, 4.69) is 15.9 Å². The standard InChI is InChI=1S/C9H13BrO4/c1-8(2)13-5-3-4-6(11)9(10,12)7(5)14-8/h3-7,11-12H,1-2H3/t5-,6+,7-,9-/m0/s1. The smallest absolute Gasteiger partial charge is 0.178 e. The average molecular weight is 265 g/mol. The minimum absolute atomic E-state index is 0.322. The Hall–Kier alpha value is 0.0600. The molecule has 0 aromatic rings. The summed E-state index contributed by atoms with van der Waals surface area (Å²) in [6.45, 7) is 3.54. The molecular formula is C9H13BrO4. The molecule has 4 atom stereocenters. The fourth-order valence-corrected chi connectivity index (χ4v) is 2.27. The van der Waals surface area contributed by atoms with Gasteiger partial charge in [-0.15, -0.1) is 0 Å². The molecular weight excluding hydrogens is 252 g/mol. The second-order valence-electron chi connectivity index (χ2n) is 4.08. The van der Waals surface area contributed by atoms with Crippen molar-refractivity contribution in [2.45, 2.75) is 42.5 Å². The molecule has 1 aliphatic heterocycles. The number of rotatable bonds is 0. The van der Waals surface area contributed by atoms with E-state index in [1.54, 1.807) is 19.9 Å². The maximum absolute atomic E-state index is 9.96. The molecule has 0 radical (unpaired) electrons. The van der Waals surface area contributed by atoms with E-state index >= 15 is 0 Å². The topological polar surface area (TPSA) is 58.9 Å². The Labute approximate surface area is 90.6 Å². The normalized spacial score (nSPS) is 50.5. The van der Waals surface area contributed by atoms with Crippen molar-refractivity contribution in [1.82, 2.24) is 0 Å². The van der Waals surface area contributed by atoms with Gasteiger partial charge in [0.05, 0.1) is 0 Å². The third-order valence-electron chi connectivity index (χ3n) is 2.43. The molecule has 4 nitrogen and oxygen atoms in total. The number of hydrogen-bond acceptors (Lipinski definition) is 4. The van der Waals surface area contributed by atoms with Crippen molar-refractivity contribution in [1.29, 1.82) is 0 Å². The molecule has 5 heteroatoms. The zero-order valence-corrected chi connectivity index (χ0v) is 9.56. The van der Waals surface area contributed by atoms with E-state index in [1.165, 1.54) is 6.08 Å². The summed E-state index contributed by atoms with van der Waals surface area (Å²) in [5, 5.41) is 19.5. The van der Waals surface area contributed by atoms with E-state index in [0.29, 0.717) is 0 Å². The van der Waals surface area contributed by atoms with Gasteiger partial charge >= 0.3 is 0 Å². The maximum Gasteiger partial charge on any atom is 0.178 e. The Morgan fingerprint density at radius 1 is 1.29 bits per heavy atom. The molecule has 1 aliphatic carbocycles. The first kappa shape index (κ1) is 10.6. The lowest BCUT2D eigenvalue weighted by molar-refractivity contribution is -0.162. The number of aliphatic hydroxyl groups is 2. The Bertz CT molecular complexity index is 274. The van der Waals surface area contributed by atoms with Crippen LogP contribution < -0.4 is 0 Å². The van der Waals surface area contributed by atoms with Crippen LogP contribution in [0.25, 0.3) is 0 Å². The fraction of sp³-hybridized carbons (Fsp3) is 0.778. The number of alkyl halides is 1. The predicted molar refractivity (Wildman–Crippen MR) is 52.8 cm³/mol. The Morgan fingerprint density at radius 2 is 1.93 bits per heavy atom. The fourth-order valence-electron chi connectivity index (χ4n) is 1.76. The summed E-state index contributed by atoms with van der Waals surface area (Å²) in [6, 6.07) is 0. The van der Waals surface area contributed by atoms with Gasteiger partial charge < -0.3 is 19.7 Å². The number of ether oxygens (including phenoxy) is 2. The van der Waals surface area contributed by atoms with E-state index in [0.717, 1.165) is 0 Å². The molecule has 0 aromatic heterocycles. The highest BCUT2D eigenvalue weighted by Crippen LogP contribution is 2.41. The molecule has 80 valence electrons. The first-order valence-corrected chi connectivity index (χ1v) is 5.25. The molecule has 0 spiro atoms. The van der Waals surface area contributed by atoms with Gasteiger partial charge in [0.25, 0.3) is 0 Å². The number of halogens is 1. The van der Waals surface area contributed by atoms with Crippen LogP contribution in [-0.2, 0) is 9.47 Å². The van der Waals surface area contributed by atoms with Crippen LogP contribution in [0.15, 0.2) is 12.2 Å². The zero-order chi connectivity index (χ0) is 10.6. The molecule has 0 bridgehead atoms. The predicted octanol–water partition coefficient (Wildman–Crippen LogP) is 0.521. The Kier molecular flexibility index (Phi) is 2.28. The number of fused-ring (bicyclic) bond motifs is 1. The summed E-state index contributed by atoms with van der Waals surface area (Å²) < 4.78 is 9.56. The molecule has 1 heterocycles. The van der Waals surface area contributed by atoms with E-state index in [1.807, 2.05) is 0 Å². The van der Waals surface area contributed by atoms with Gasteiger partial charge in [-0.05, 0) is 29.8 Å². The van der Waals surface area contributed by atoms with Gasteiger partial charge in [-0.1, -0.05) is 12.2 Å². The summed E-state index contributed by atoms with van der Waals surface area (Å²) in [5.41, 5.74) is 0. The zero-order valence-electron chi connectivity index (χ0n) is 7.98. The average Bonchev–Trinajstić information content (AvgIpc) is 2.35. The van der Waals surface area contributed by atoms with Crippen LogP contribution in [0.3, 0.4) is 0 Å². The summed E-state index contributed by atoms with van der Waals surface area (Å²) >= 11 is 3.07. The van der Waals surface area contributed by atoms with Crippen molar-refractivity contribution in [3.63, 3.8) is 0 Å². The molecule has 0 aromatic carbocycles. The first-order chi connectivity index (χ1) is 6.33. The van der Waals surface area contributed by atoms with Crippen molar-refractivity contribution in [3.8, 4) is 0 Å². The van der Waals surface area contributed by atoms with E-state index in [4.69, 9.17) is 9.47 Å². The molecule has 0 unspecified atom stereocenters. The van der Waals surface area contributed by atoms with Gasteiger partial charge in [0.1, 0.15) is 18.3 Å². The van der Waals surface area contributed by atoms with Crippen LogP contribution in [0.4, 0.5) is 0 Å². The van der Waals surface area contributed by atoms with Crippen LogP contribution in [0.5, 0.6) is 0 Å². The molecule has 0 saturated carbocycles. The highest BCUT2D eigenvalue weighted by Gasteiger charge is 2.55. The van der Waals surface area contributed by atoms with Crippen molar-refractivity contribution < 1.29 is 19.7 Å². The molecule has 0 amide bonds. The highest BCUT2D eigenvalue weighted by molar-refractivity contribution is 9.10. The summed E-state index contributed by atoms with van der Waals surface area (Å²) in [4.78, 5) is 0. The lowest BCUT2D eigenvalue weighted by atomic mass is 9.96. The van der Waals surface area contributed by atoms with Crippen LogP contribution in [0.1, 0.15) is 13.8 Å². The highest BCUT2D eigenvalue weighted by atomic mass is 79.9. The lowest BCUT2D eigenvalue weighted by Gasteiger charge is -2.35.